The SMILES string of the molecule is CCCc1c(N)c(=O)n(-c2ccc(C)cc2C)n1CC. The summed E-state index contributed by atoms with van der Waals surface area (Å²) >= 11 is 0. The van der Waals surface area contributed by atoms with Crippen LogP contribution in [0.5, 0.6) is 0 Å². The second-order valence-corrected chi connectivity index (χ2v) is 5.23. The van der Waals surface area contributed by atoms with E-state index in [9.17, 15) is 4.79 Å². The second kappa shape index (κ2) is 5.57. The first-order chi connectivity index (χ1) is 9.51. The number of anilines is 1. The molecular formula is C16H23N3O. The Bertz CT molecular complexity index is 680. The lowest BCUT2D eigenvalue weighted by Crippen LogP contribution is -2.23. The highest BCUT2D eigenvalue weighted by molar-refractivity contribution is 5.48. The molecule has 0 aliphatic rings. The van der Waals surface area contributed by atoms with Crippen LogP contribution in [-0.4, -0.2) is 9.36 Å². The molecule has 0 radical (unpaired) electrons. The first kappa shape index (κ1) is 14.4. The molecule has 1 aromatic carbocycles. The van der Waals surface area contributed by atoms with Gasteiger partial charge in [-0.2, -0.15) is 0 Å². The van der Waals surface area contributed by atoms with Crippen LogP contribution in [0.3, 0.4) is 0 Å². The van der Waals surface area contributed by atoms with E-state index in [0.717, 1.165) is 36.3 Å². The van der Waals surface area contributed by atoms with Crippen molar-refractivity contribution in [1.82, 2.24) is 9.36 Å². The largest absolute Gasteiger partial charge is 0.393 e. The van der Waals surface area contributed by atoms with Gasteiger partial charge in [0.05, 0.1) is 11.4 Å². The number of nitrogens with zero attached hydrogens (tertiary/aromatic N) is 2. The lowest BCUT2D eigenvalue weighted by molar-refractivity contribution is 0.544. The minimum absolute atomic E-state index is 0.109. The number of benzene rings is 1. The third kappa shape index (κ3) is 2.26. The molecule has 1 heterocycles. The van der Waals surface area contributed by atoms with Crippen molar-refractivity contribution in [2.75, 3.05) is 5.73 Å². The normalized spacial score (nSPS) is 11.0. The summed E-state index contributed by atoms with van der Waals surface area (Å²) in [5.41, 5.74) is 10.4. The summed E-state index contributed by atoms with van der Waals surface area (Å²) in [4.78, 5) is 12.5. The molecule has 0 fully saturated rings. The first-order valence-electron chi connectivity index (χ1n) is 7.19. The Hall–Kier alpha value is -1.97. The van der Waals surface area contributed by atoms with E-state index in [0.29, 0.717) is 5.69 Å². The molecule has 2 aromatic rings. The highest BCUT2D eigenvalue weighted by Gasteiger charge is 2.18. The highest BCUT2D eigenvalue weighted by atomic mass is 16.1. The molecule has 1 aromatic heterocycles. The van der Waals surface area contributed by atoms with E-state index in [2.05, 4.69) is 19.9 Å². The Morgan fingerprint density at radius 3 is 2.45 bits per heavy atom. The van der Waals surface area contributed by atoms with E-state index in [1.165, 1.54) is 5.56 Å². The van der Waals surface area contributed by atoms with Gasteiger partial charge in [0.1, 0.15) is 5.69 Å². The van der Waals surface area contributed by atoms with Crippen LogP contribution in [0.4, 0.5) is 5.69 Å². The standard InChI is InChI=1S/C16H23N3O/c1-5-7-14-15(17)16(20)19(18(14)6-2)13-9-8-11(3)10-12(13)4/h8-10H,5-7,17H2,1-4H3. The Morgan fingerprint density at radius 1 is 1.20 bits per heavy atom. The Morgan fingerprint density at radius 2 is 1.90 bits per heavy atom. The maximum Gasteiger partial charge on any atom is 0.294 e. The predicted octanol–water partition coefficient (Wildman–Crippen LogP) is 2.81. The fraction of sp³-hybridized carbons (Fsp3) is 0.438. The van der Waals surface area contributed by atoms with Gasteiger partial charge in [-0.3, -0.25) is 9.48 Å². The summed E-state index contributed by atoms with van der Waals surface area (Å²) in [5.74, 6) is 0. The quantitative estimate of drug-likeness (QED) is 0.931. The smallest absolute Gasteiger partial charge is 0.294 e. The van der Waals surface area contributed by atoms with Gasteiger partial charge in [0.15, 0.2) is 0 Å². The number of rotatable bonds is 4. The molecule has 0 saturated carbocycles. The molecule has 0 saturated heterocycles. The fourth-order valence-corrected chi connectivity index (χ4v) is 2.72. The van der Waals surface area contributed by atoms with Crippen molar-refractivity contribution in [3.05, 3.63) is 45.4 Å². The summed E-state index contributed by atoms with van der Waals surface area (Å²) in [6.45, 7) is 8.94. The van der Waals surface area contributed by atoms with Gasteiger partial charge in [-0.15, -0.1) is 0 Å². The van der Waals surface area contributed by atoms with Gasteiger partial charge in [0.2, 0.25) is 0 Å². The molecule has 0 amide bonds. The molecule has 2 rings (SSSR count). The monoisotopic (exact) mass is 273 g/mol. The zero-order valence-electron chi connectivity index (χ0n) is 12.7. The number of nitrogen functional groups attached to an aromatic ring is 1. The van der Waals surface area contributed by atoms with Gasteiger partial charge in [0.25, 0.3) is 5.56 Å². The molecule has 0 spiro atoms. The first-order valence-corrected chi connectivity index (χ1v) is 7.19. The summed E-state index contributed by atoms with van der Waals surface area (Å²) in [5, 5.41) is 0. The van der Waals surface area contributed by atoms with Crippen LogP contribution in [0.1, 0.15) is 37.1 Å². The van der Waals surface area contributed by atoms with Crippen molar-refractivity contribution in [1.29, 1.82) is 0 Å². The van der Waals surface area contributed by atoms with Crippen LogP contribution in [0.25, 0.3) is 5.69 Å². The van der Waals surface area contributed by atoms with Gasteiger partial charge >= 0.3 is 0 Å². The van der Waals surface area contributed by atoms with Crippen LogP contribution in [0, 0.1) is 13.8 Å². The van der Waals surface area contributed by atoms with Crippen LogP contribution < -0.4 is 11.3 Å². The van der Waals surface area contributed by atoms with Gasteiger partial charge in [-0.1, -0.05) is 31.0 Å². The van der Waals surface area contributed by atoms with Crippen LogP contribution in [0.2, 0.25) is 0 Å². The third-order valence-corrected chi connectivity index (χ3v) is 3.65. The summed E-state index contributed by atoms with van der Waals surface area (Å²) in [7, 11) is 0. The predicted molar refractivity (Wildman–Crippen MR) is 83.6 cm³/mol. The molecule has 0 aliphatic heterocycles. The highest BCUT2D eigenvalue weighted by Crippen LogP contribution is 2.19. The average Bonchev–Trinajstić information content (AvgIpc) is 2.64. The van der Waals surface area contributed by atoms with Crippen LogP contribution in [-0.2, 0) is 13.0 Å². The Labute approximate surface area is 119 Å². The zero-order chi connectivity index (χ0) is 14.9. The van der Waals surface area contributed by atoms with Crippen LogP contribution in [0.15, 0.2) is 23.0 Å². The van der Waals surface area contributed by atoms with Crippen molar-refractivity contribution >= 4 is 5.69 Å². The maximum atomic E-state index is 12.5. The minimum atomic E-state index is -0.109. The van der Waals surface area contributed by atoms with Crippen molar-refractivity contribution in [3.63, 3.8) is 0 Å². The van der Waals surface area contributed by atoms with E-state index < -0.39 is 0 Å². The van der Waals surface area contributed by atoms with Gasteiger partial charge < -0.3 is 5.73 Å². The fourth-order valence-electron chi connectivity index (χ4n) is 2.72. The lowest BCUT2D eigenvalue weighted by atomic mass is 10.1. The molecule has 2 N–H and O–H groups in total. The number of aryl methyl sites for hydroxylation is 2. The summed E-state index contributed by atoms with van der Waals surface area (Å²) in [6, 6.07) is 6.11. The Kier molecular flexibility index (Phi) is 4.02. The molecular weight excluding hydrogens is 250 g/mol. The van der Waals surface area contributed by atoms with Crippen LogP contribution >= 0.6 is 0 Å². The zero-order valence-corrected chi connectivity index (χ0v) is 12.7. The molecule has 0 aliphatic carbocycles. The van der Waals surface area contributed by atoms with Crippen molar-refractivity contribution in [2.24, 2.45) is 0 Å². The lowest BCUT2D eigenvalue weighted by Gasteiger charge is -2.15. The molecule has 20 heavy (non-hydrogen) atoms. The van der Waals surface area contributed by atoms with Crippen molar-refractivity contribution in [3.8, 4) is 5.69 Å². The molecule has 4 nitrogen and oxygen atoms in total. The molecule has 4 heteroatoms. The molecule has 0 bridgehead atoms. The Balaban J connectivity index is 2.73. The second-order valence-electron chi connectivity index (χ2n) is 5.23. The van der Waals surface area contributed by atoms with E-state index in [-0.39, 0.29) is 5.56 Å². The van der Waals surface area contributed by atoms with E-state index in [1.807, 2.05) is 30.7 Å². The van der Waals surface area contributed by atoms with Crippen molar-refractivity contribution < 1.29 is 0 Å². The number of hydrogen-bond acceptors (Lipinski definition) is 2. The van der Waals surface area contributed by atoms with Gasteiger partial charge in [-0.05, 0) is 38.8 Å². The van der Waals surface area contributed by atoms with Crippen molar-refractivity contribution in [2.45, 2.75) is 47.1 Å². The third-order valence-electron chi connectivity index (χ3n) is 3.65. The van der Waals surface area contributed by atoms with E-state index >= 15 is 0 Å². The van der Waals surface area contributed by atoms with E-state index in [1.54, 1.807) is 4.68 Å². The van der Waals surface area contributed by atoms with Gasteiger partial charge in [0, 0.05) is 6.54 Å². The molecule has 0 atom stereocenters. The topological polar surface area (TPSA) is 53.0 Å². The van der Waals surface area contributed by atoms with Gasteiger partial charge in [-0.25, -0.2) is 4.68 Å². The molecule has 108 valence electrons. The molecule has 0 unspecified atom stereocenters. The number of nitrogens with two attached hydrogens (primary N) is 1. The minimum Gasteiger partial charge on any atom is -0.393 e. The summed E-state index contributed by atoms with van der Waals surface area (Å²) in [6.07, 6.45) is 1.80. The maximum absolute atomic E-state index is 12.5. The number of aromatic nitrogens is 2. The average molecular weight is 273 g/mol. The van der Waals surface area contributed by atoms with E-state index in [4.69, 9.17) is 5.73 Å². The summed E-state index contributed by atoms with van der Waals surface area (Å²) < 4.78 is 3.72. The number of hydrogen-bond donors (Lipinski definition) is 1.